The van der Waals surface area contributed by atoms with Gasteiger partial charge in [0.1, 0.15) is 0 Å². The maximum absolute atomic E-state index is 11.8. The number of nitrogens with one attached hydrogen (secondary N) is 1. The number of rotatable bonds is 5. The van der Waals surface area contributed by atoms with Crippen LogP contribution in [-0.2, 0) is 26.2 Å². The van der Waals surface area contributed by atoms with Crippen molar-refractivity contribution >= 4 is 31.3 Å². The highest BCUT2D eigenvalue weighted by molar-refractivity contribution is 7.91. The second-order valence-corrected chi connectivity index (χ2v) is 11.4. The third kappa shape index (κ3) is 4.70. The molecule has 6 nitrogen and oxygen atoms in total. The van der Waals surface area contributed by atoms with Crippen molar-refractivity contribution in [3.63, 3.8) is 0 Å². The molecule has 3 rings (SSSR count). The van der Waals surface area contributed by atoms with Gasteiger partial charge < -0.3 is 0 Å². The fourth-order valence-corrected chi connectivity index (χ4v) is 6.87. The molecule has 0 aromatic heterocycles. The van der Waals surface area contributed by atoms with Gasteiger partial charge in [0, 0.05) is 23.7 Å². The average Bonchev–Trinajstić information content (AvgIpc) is 3.00. The van der Waals surface area contributed by atoms with Gasteiger partial charge >= 0.3 is 0 Å². The van der Waals surface area contributed by atoms with Gasteiger partial charge in [-0.3, -0.25) is 5.43 Å². The summed E-state index contributed by atoms with van der Waals surface area (Å²) in [5.74, 6) is 0.547. The van der Waals surface area contributed by atoms with Gasteiger partial charge in [-0.15, -0.1) is 0 Å². The van der Waals surface area contributed by atoms with E-state index in [9.17, 15) is 16.8 Å². The van der Waals surface area contributed by atoms with E-state index in [-0.39, 0.29) is 35.1 Å². The number of halogens is 1. The van der Waals surface area contributed by atoms with Crippen LogP contribution in [0.3, 0.4) is 0 Å². The molecule has 2 fully saturated rings. The fraction of sp³-hybridized carbons (Fsp3) is 0.600. The van der Waals surface area contributed by atoms with Gasteiger partial charge in [-0.05, 0) is 30.5 Å². The van der Waals surface area contributed by atoms with Crippen LogP contribution in [-0.4, -0.2) is 56.9 Å². The highest BCUT2D eigenvalue weighted by Gasteiger charge is 2.35. The zero-order valence-corrected chi connectivity index (χ0v) is 15.6. The molecule has 134 valence electrons. The summed E-state index contributed by atoms with van der Waals surface area (Å²) in [5.41, 5.74) is 4.22. The normalized spacial score (nSPS) is 28.4. The Kier molecular flexibility index (Phi) is 5.22. The van der Waals surface area contributed by atoms with E-state index in [0.29, 0.717) is 24.4 Å². The Bertz CT molecular complexity index is 811. The van der Waals surface area contributed by atoms with Crippen molar-refractivity contribution in [2.45, 2.75) is 31.5 Å². The summed E-state index contributed by atoms with van der Waals surface area (Å²) in [6.07, 6.45) is 1.10. The van der Waals surface area contributed by atoms with Crippen LogP contribution in [0.4, 0.5) is 0 Å². The van der Waals surface area contributed by atoms with Gasteiger partial charge in [-0.1, -0.05) is 23.7 Å². The van der Waals surface area contributed by atoms with E-state index in [0.717, 1.165) is 5.56 Å². The fourth-order valence-electron chi connectivity index (χ4n) is 3.26. The summed E-state index contributed by atoms with van der Waals surface area (Å²) in [6.45, 7) is 0.483. The zero-order chi connectivity index (χ0) is 17.4. The summed E-state index contributed by atoms with van der Waals surface area (Å²) in [5, 5.41) is 2.51. The van der Waals surface area contributed by atoms with Gasteiger partial charge in [0.15, 0.2) is 19.7 Å². The van der Waals surface area contributed by atoms with Gasteiger partial charge in [-0.2, -0.15) is 0 Å². The molecule has 0 unspecified atom stereocenters. The Morgan fingerprint density at radius 1 is 1.08 bits per heavy atom. The molecule has 1 aromatic rings. The first-order chi connectivity index (χ1) is 11.2. The first-order valence-electron chi connectivity index (χ1n) is 7.90. The molecule has 2 heterocycles. The van der Waals surface area contributed by atoms with E-state index in [1.54, 1.807) is 6.07 Å². The monoisotopic (exact) mass is 392 g/mol. The number of hydrogen-bond donors (Lipinski definition) is 1. The zero-order valence-electron chi connectivity index (χ0n) is 13.2. The van der Waals surface area contributed by atoms with Gasteiger partial charge in [0.2, 0.25) is 0 Å². The van der Waals surface area contributed by atoms with Crippen LogP contribution < -0.4 is 5.43 Å². The smallest absolute Gasteiger partial charge is 0.151 e. The first-order valence-corrected chi connectivity index (χ1v) is 11.9. The lowest BCUT2D eigenvalue weighted by Crippen LogP contribution is -2.50. The lowest BCUT2D eigenvalue weighted by molar-refractivity contribution is 0.108. The third-order valence-corrected chi connectivity index (χ3v) is 8.23. The Labute approximate surface area is 148 Å². The van der Waals surface area contributed by atoms with Gasteiger partial charge in [0.25, 0.3) is 0 Å². The quantitative estimate of drug-likeness (QED) is 0.753. The van der Waals surface area contributed by atoms with Gasteiger partial charge in [-0.25, -0.2) is 21.8 Å². The Hall–Kier alpha value is -0.670. The van der Waals surface area contributed by atoms with E-state index in [1.165, 1.54) is 0 Å². The number of nitrogens with zero attached hydrogens (tertiary/aromatic N) is 1. The van der Waals surface area contributed by atoms with E-state index in [1.807, 2.05) is 23.2 Å². The number of hydrogen-bond acceptors (Lipinski definition) is 6. The van der Waals surface area contributed by atoms with Crippen molar-refractivity contribution in [2.75, 3.05) is 23.0 Å². The molecule has 1 aromatic carbocycles. The largest absolute Gasteiger partial charge is 0.250 e. The summed E-state index contributed by atoms with van der Waals surface area (Å²) < 4.78 is 47.0. The van der Waals surface area contributed by atoms with Crippen molar-refractivity contribution in [2.24, 2.45) is 0 Å². The standard InChI is InChI=1S/C15H21ClN2O4S2/c16-13-3-1-2-12(8-13)9-18(15-5-7-24(21,22)11-15)17-14-4-6-23(19,20)10-14/h1-3,8,14-15,17H,4-7,9-11H2/t14-,15-/m0/s1. The van der Waals surface area contributed by atoms with Crippen LogP contribution in [0.1, 0.15) is 18.4 Å². The molecule has 2 saturated heterocycles. The van der Waals surface area contributed by atoms with Crippen LogP contribution in [0.2, 0.25) is 5.02 Å². The van der Waals surface area contributed by atoms with Crippen LogP contribution in [0.5, 0.6) is 0 Å². The highest BCUT2D eigenvalue weighted by Crippen LogP contribution is 2.21. The Balaban J connectivity index is 1.76. The minimum atomic E-state index is -3.02. The molecule has 0 spiro atoms. The van der Waals surface area contributed by atoms with Crippen molar-refractivity contribution in [3.8, 4) is 0 Å². The van der Waals surface area contributed by atoms with E-state index < -0.39 is 19.7 Å². The molecule has 0 saturated carbocycles. The van der Waals surface area contributed by atoms with Crippen LogP contribution in [0, 0.1) is 0 Å². The number of sulfone groups is 2. The lowest BCUT2D eigenvalue weighted by atomic mass is 10.2. The molecule has 9 heteroatoms. The minimum Gasteiger partial charge on any atom is -0.250 e. The van der Waals surface area contributed by atoms with Crippen molar-refractivity contribution in [3.05, 3.63) is 34.9 Å². The second-order valence-electron chi connectivity index (χ2n) is 6.54. The van der Waals surface area contributed by atoms with Crippen molar-refractivity contribution < 1.29 is 16.8 Å². The molecule has 0 radical (unpaired) electrons. The Morgan fingerprint density at radius 3 is 2.38 bits per heavy atom. The van der Waals surface area contributed by atoms with Crippen molar-refractivity contribution in [1.29, 1.82) is 0 Å². The predicted octanol–water partition coefficient (Wildman–Crippen LogP) is 1.02. The summed E-state index contributed by atoms with van der Waals surface area (Å²) in [6, 6.07) is 7.07. The predicted molar refractivity (Wildman–Crippen MR) is 94.2 cm³/mol. The third-order valence-electron chi connectivity index (χ3n) is 4.47. The highest BCUT2D eigenvalue weighted by atomic mass is 35.5. The molecule has 2 aliphatic rings. The van der Waals surface area contributed by atoms with Crippen LogP contribution >= 0.6 is 11.6 Å². The maximum Gasteiger partial charge on any atom is 0.151 e. The molecule has 0 bridgehead atoms. The van der Waals surface area contributed by atoms with Crippen molar-refractivity contribution in [1.82, 2.24) is 10.4 Å². The van der Waals surface area contributed by atoms with E-state index in [2.05, 4.69) is 5.43 Å². The number of benzene rings is 1. The second kappa shape index (κ2) is 6.92. The van der Waals surface area contributed by atoms with Gasteiger partial charge in [0.05, 0.1) is 23.0 Å². The number of hydrazine groups is 1. The molecular formula is C15H21ClN2O4S2. The summed E-state index contributed by atoms with van der Waals surface area (Å²) in [4.78, 5) is 0. The van der Waals surface area contributed by atoms with Crippen LogP contribution in [0.25, 0.3) is 0 Å². The lowest BCUT2D eigenvalue weighted by Gasteiger charge is -2.31. The molecule has 2 aliphatic heterocycles. The minimum absolute atomic E-state index is 0.0957. The molecule has 2 atom stereocenters. The molecular weight excluding hydrogens is 372 g/mol. The average molecular weight is 393 g/mol. The SMILES string of the molecule is O=S1(=O)CC[C@H](NN(Cc2cccc(Cl)c2)[C@H]2CCS(=O)(=O)C2)C1. The maximum atomic E-state index is 11.8. The van der Waals surface area contributed by atoms with E-state index in [4.69, 9.17) is 11.6 Å². The molecule has 0 amide bonds. The molecule has 24 heavy (non-hydrogen) atoms. The summed E-state index contributed by atoms with van der Waals surface area (Å²) in [7, 11) is -6.02. The topological polar surface area (TPSA) is 83.6 Å². The van der Waals surface area contributed by atoms with Crippen LogP contribution in [0.15, 0.2) is 24.3 Å². The van der Waals surface area contributed by atoms with E-state index >= 15 is 0 Å². The molecule has 1 N–H and O–H groups in total. The molecule has 0 aliphatic carbocycles. The summed E-state index contributed by atoms with van der Waals surface area (Å²) >= 11 is 6.03. The first kappa shape index (κ1) is 18.1. The Morgan fingerprint density at radius 2 is 1.79 bits per heavy atom.